The molecule has 0 aliphatic rings. The SMILES string of the molecule is [B]COc1ccc(F)c(F)c1F. The van der Waals surface area contributed by atoms with Gasteiger partial charge in [0.15, 0.2) is 17.4 Å². The average Bonchev–Trinajstić information content (AvgIpc) is 2.07. The number of rotatable bonds is 2. The van der Waals surface area contributed by atoms with E-state index < -0.39 is 23.2 Å². The van der Waals surface area contributed by atoms with Crippen molar-refractivity contribution < 1.29 is 17.9 Å². The van der Waals surface area contributed by atoms with Gasteiger partial charge in [-0.2, -0.15) is 4.39 Å². The third-order valence-electron chi connectivity index (χ3n) is 1.24. The zero-order valence-electron chi connectivity index (χ0n) is 5.98. The van der Waals surface area contributed by atoms with Crippen LogP contribution in [0.25, 0.3) is 0 Å². The van der Waals surface area contributed by atoms with Crippen molar-refractivity contribution >= 4 is 7.85 Å². The summed E-state index contributed by atoms with van der Waals surface area (Å²) in [4.78, 5) is 0. The van der Waals surface area contributed by atoms with E-state index >= 15 is 0 Å². The van der Waals surface area contributed by atoms with Gasteiger partial charge in [0.2, 0.25) is 5.82 Å². The molecule has 0 fully saturated rings. The van der Waals surface area contributed by atoms with Crippen molar-refractivity contribution in [2.24, 2.45) is 0 Å². The maximum Gasteiger partial charge on any atom is 0.203 e. The smallest absolute Gasteiger partial charge is 0.203 e. The molecule has 1 nitrogen and oxygen atoms in total. The van der Waals surface area contributed by atoms with Gasteiger partial charge in [-0.25, -0.2) is 8.78 Å². The maximum absolute atomic E-state index is 12.7. The zero-order chi connectivity index (χ0) is 9.14. The van der Waals surface area contributed by atoms with Crippen LogP contribution in [0, 0.1) is 17.5 Å². The number of hydrogen-bond donors (Lipinski definition) is 0. The third-order valence-corrected chi connectivity index (χ3v) is 1.24. The summed E-state index contributed by atoms with van der Waals surface area (Å²) < 4.78 is 41.9. The highest BCUT2D eigenvalue weighted by Crippen LogP contribution is 2.21. The summed E-state index contributed by atoms with van der Waals surface area (Å²) in [5.74, 6) is -4.56. The van der Waals surface area contributed by atoms with Crippen LogP contribution in [0.3, 0.4) is 0 Å². The van der Waals surface area contributed by atoms with Gasteiger partial charge < -0.3 is 4.74 Å². The first-order valence-corrected chi connectivity index (χ1v) is 3.13. The Hall–Kier alpha value is -1.13. The lowest BCUT2D eigenvalue weighted by Crippen LogP contribution is -2.00. The van der Waals surface area contributed by atoms with E-state index in [1.165, 1.54) is 0 Å². The molecule has 1 rings (SSSR count). The largest absolute Gasteiger partial charge is 0.500 e. The van der Waals surface area contributed by atoms with E-state index in [4.69, 9.17) is 7.85 Å². The Labute approximate surface area is 68.6 Å². The molecule has 0 heterocycles. The van der Waals surface area contributed by atoms with Crippen molar-refractivity contribution in [2.45, 2.75) is 0 Å². The van der Waals surface area contributed by atoms with Gasteiger partial charge >= 0.3 is 0 Å². The van der Waals surface area contributed by atoms with Gasteiger partial charge in [0, 0.05) is 6.51 Å². The van der Waals surface area contributed by atoms with Crippen LogP contribution in [-0.4, -0.2) is 14.4 Å². The Balaban J connectivity index is 3.08. The van der Waals surface area contributed by atoms with Gasteiger partial charge in [0.1, 0.15) is 7.85 Å². The molecular formula is C7H4BF3O. The fourth-order valence-electron chi connectivity index (χ4n) is 0.709. The number of halogens is 3. The summed E-state index contributed by atoms with van der Waals surface area (Å²) in [5, 5.41) is 0. The highest BCUT2D eigenvalue weighted by molar-refractivity contribution is 6.08. The summed E-state index contributed by atoms with van der Waals surface area (Å²) in [6.07, 6.45) is 0. The molecule has 0 atom stereocenters. The van der Waals surface area contributed by atoms with Gasteiger partial charge in [-0.3, -0.25) is 0 Å². The highest BCUT2D eigenvalue weighted by atomic mass is 19.2. The van der Waals surface area contributed by atoms with Gasteiger partial charge in [-0.05, 0) is 12.1 Å². The van der Waals surface area contributed by atoms with E-state index in [1.54, 1.807) is 0 Å². The van der Waals surface area contributed by atoms with Gasteiger partial charge in [-0.1, -0.05) is 0 Å². The van der Waals surface area contributed by atoms with Crippen molar-refractivity contribution in [1.82, 2.24) is 0 Å². The lowest BCUT2D eigenvalue weighted by Gasteiger charge is -2.04. The van der Waals surface area contributed by atoms with Crippen molar-refractivity contribution in [3.63, 3.8) is 0 Å². The molecule has 0 spiro atoms. The standard InChI is InChI=1S/C7H4BF3O/c8-3-12-5-2-1-4(9)6(10)7(5)11/h1-2H,3H2. The monoisotopic (exact) mass is 172 g/mol. The average molecular weight is 172 g/mol. The number of hydrogen-bond acceptors (Lipinski definition) is 1. The van der Waals surface area contributed by atoms with Crippen LogP contribution in [0.15, 0.2) is 12.1 Å². The first-order valence-electron chi connectivity index (χ1n) is 3.13. The molecule has 0 aliphatic heterocycles. The van der Waals surface area contributed by atoms with Crippen LogP contribution in [0.5, 0.6) is 5.75 Å². The summed E-state index contributed by atoms with van der Waals surface area (Å²) in [5.41, 5.74) is 0. The molecule has 2 radical (unpaired) electrons. The van der Waals surface area contributed by atoms with Crippen LogP contribution in [-0.2, 0) is 0 Å². The van der Waals surface area contributed by atoms with E-state index in [1.807, 2.05) is 0 Å². The van der Waals surface area contributed by atoms with E-state index in [0.717, 1.165) is 12.1 Å². The Morgan fingerprint density at radius 3 is 2.42 bits per heavy atom. The fraction of sp³-hybridized carbons (Fsp3) is 0.143. The normalized spacial score (nSPS) is 9.92. The molecule has 0 aromatic heterocycles. The second-order valence-corrected chi connectivity index (χ2v) is 1.98. The Bertz CT molecular complexity index is 290. The summed E-state index contributed by atoms with van der Waals surface area (Å²) in [7, 11) is 4.91. The summed E-state index contributed by atoms with van der Waals surface area (Å²) in [6.45, 7) is -0.290. The van der Waals surface area contributed by atoms with Crippen molar-refractivity contribution in [2.75, 3.05) is 6.51 Å². The van der Waals surface area contributed by atoms with Gasteiger partial charge in [-0.15, -0.1) is 0 Å². The molecule has 1 aromatic rings. The lowest BCUT2D eigenvalue weighted by atomic mass is 10.2. The fourth-order valence-corrected chi connectivity index (χ4v) is 0.709. The van der Waals surface area contributed by atoms with Crippen molar-refractivity contribution in [1.29, 1.82) is 0 Å². The molecule has 0 saturated carbocycles. The topological polar surface area (TPSA) is 9.23 Å². The van der Waals surface area contributed by atoms with Crippen molar-refractivity contribution in [3.8, 4) is 5.75 Å². The van der Waals surface area contributed by atoms with Crippen molar-refractivity contribution in [3.05, 3.63) is 29.6 Å². The quantitative estimate of drug-likeness (QED) is 0.486. The summed E-state index contributed by atoms with van der Waals surface area (Å²) >= 11 is 0. The minimum Gasteiger partial charge on any atom is -0.500 e. The predicted molar refractivity (Wildman–Crippen MR) is 37.6 cm³/mol. The molecule has 1 aromatic carbocycles. The molecular weight excluding hydrogens is 168 g/mol. The van der Waals surface area contributed by atoms with Gasteiger partial charge in [0.05, 0.1) is 0 Å². The van der Waals surface area contributed by atoms with Crippen LogP contribution in [0.4, 0.5) is 13.2 Å². The molecule has 0 amide bonds. The first kappa shape index (κ1) is 8.97. The second kappa shape index (κ2) is 3.52. The first-order chi connectivity index (χ1) is 5.66. The Morgan fingerprint density at radius 2 is 1.83 bits per heavy atom. The van der Waals surface area contributed by atoms with E-state index in [0.29, 0.717) is 0 Å². The number of ether oxygens (including phenoxy) is 1. The van der Waals surface area contributed by atoms with Gasteiger partial charge in [0.25, 0.3) is 0 Å². The molecule has 12 heavy (non-hydrogen) atoms. The van der Waals surface area contributed by atoms with Crippen LogP contribution in [0.2, 0.25) is 0 Å². The zero-order valence-corrected chi connectivity index (χ0v) is 5.98. The molecule has 0 unspecified atom stereocenters. The maximum atomic E-state index is 12.7. The minimum atomic E-state index is -1.55. The molecule has 5 heteroatoms. The van der Waals surface area contributed by atoms with Crippen LogP contribution >= 0.6 is 0 Å². The second-order valence-electron chi connectivity index (χ2n) is 1.98. The Kier molecular flexibility index (Phi) is 2.63. The molecule has 0 aliphatic carbocycles. The van der Waals surface area contributed by atoms with E-state index in [-0.39, 0.29) is 6.51 Å². The molecule has 62 valence electrons. The highest BCUT2D eigenvalue weighted by Gasteiger charge is 2.13. The third kappa shape index (κ3) is 1.54. The Morgan fingerprint density at radius 1 is 1.17 bits per heavy atom. The molecule has 0 saturated heterocycles. The lowest BCUT2D eigenvalue weighted by molar-refractivity contribution is 0.343. The van der Waals surface area contributed by atoms with E-state index in [9.17, 15) is 13.2 Å². The van der Waals surface area contributed by atoms with Crippen LogP contribution < -0.4 is 4.74 Å². The number of benzene rings is 1. The summed E-state index contributed by atoms with van der Waals surface area (Å²) in [6, 6.07) is 1.74. The predicted octanol–water partition coefficient (Wildman–Crippen LogP) is 1.61. The van der Waals surface area contributed by atoms with E-state index in [2.05, 4.69) is 4.74 Å². The minimum absolute atomic E-state index is 0.290. The molecule has 0 bridgehead atoms. The van der Waals surface area contributed by atoms with Crippen LogP contribution in [0.1, 0.15) is 0 Å². The molecule has 0 N–H and O–H groups in total.